The maximum atomic E-state index is 13.3. The molecule has 2 N–H and O–H groups in total. The lowest BCUT2D eigenvalue weighted by molar-refractivity contribution is -0.123. The van der Waals surface area contributed by atoms with Crippen LogP contribution in [0.5, 0.6) is 5.75 Å². The number of ketones is 2. The van der Waals surface area contributed by atoms with E-state index in [4.69, 9.17) is 15.2 Å². The van der Waals surface area contributed by atoms with Crippen LogP contribution >= 0.6 is 0 Å². The SMILES string of the molecule is CCOc1ccc(C2C(C(=O)C(C)(C)C)=C(N)OC3=C2C(=O)CC(C)(C)C3)cc1. The summed E-state index contributed by atoms with van der Waals surface area (Å²) in [5.41, 5.74) is 7.21. The highest BCUT2D eigenvalue weighted by Gasteiger charge is 2.46. The Morgan fingerprint density at radius 2 is 1.83 bits per heavy atom. The van der Waals surface area contributed by atoms with Gasteiger partial charge in [0.05, 0.1) is 12.2 Å². The molecule has 5 heteroatoms. The third kappa shape index (κ3) is 4.09. The Bertz CT molecular complexity index is 898. The van der Waals surface area contributed by atoms with Crippen molar-refractivity contribution in [1.82, 2.24) is 0 Å². The largest absolute Gasteiger partial charge is 0.494 e. The van der Waals surface area contributed by atoms with E-state index in [1.165, 1.54) is 0 Å². The summed E-state index contributed by atoms with van der Waals surface area (Å²) in [5, 5.41) is 0. The van der Waals surface area contributed by atoms with Crippen molar-refractivity contribution >= 4 is 11.6 Å². The molecular formula is C24H31NO4. The molecule has 2 aliphatic rings. The van der Waals surface area contributed by atoms with Crippen molar-refractivity contribution in [3.05, 3.63) is 52.6 Å². The van der Waals surface area contributed by atoms with Gasteiger partial charge in [0.25, 0.3) is 0 Å². The Morgan fingerprint density at radius 1 is 1.21 bits per heavy atom. The van der Waals surface area contributed by atoms with Gasteiger partial charge in [-0.25, -0.2) is 0 Å². The lowest BCUT2D eigenvalue weighted by Crippen LogP contribution is -2.37. The molecule has 0 spiro atoms. The number of allylic oxidation sites excluding steroid dienone is 3. The second-order valence-corrected chi connectivity index (χ2v) is 9.67. The summed E-state index contributed by atoms with van der Waals surface area (Å²) < 4.78 is 11.5. The van der Waals surface area contributed by atoms with Crippen molar-refractivity contribution in [2.45, 2.75) is 60.3 Å². The van der Waals surface area contributed by atoms with Gasteiger partial charge in [-0.15, -0.1) is 0 Å². The summed E-state index contributed by atoms with van der Waals surface area (Å²) >= 11 is 0. The van der Waals surface area contributed by atoms with E-state index in [1.54, 1.807) is 0 Å². The van der Waals surface area contributed by atoms with Crippen LogP contribution in [0.25, 0.3) is 0 Å². The molecule has 1 aliphatic carbocycles. The number of nitrogens with two attached hydrogens (primary N) is 1. The smallest absolute Gasteiger partial charge is 0.198 e. The van der Waals surface area contributed by atoms with Gasteiger partial charge in [0, 0.05) is 29.7 Å². The van der Waals surface area contributed by atoms with Gasteiger partial charge < -0.3 is 15.2 Å². The molecule has 156 valence electrons. The van der Waals surface area contributed by atoms with E-state index >= 15 is 0 Å². The number of carbonyl (C=O) groups excluding carboxylic acids is 2. The van der Waals surface area contributed by atoms with Crippen LogP contribution in [-0.4, -0.2) is 18.2 Å². The highest BCUT2D eigenvalue weighted by atomic mass is 16.5. The lowest BCUT2D eigenvalue weighted by Gasteiger charge is -2.39. The van der Waals surface area contributed by atoms with Crippen LogP contribution in [-0.2, 0) is 14.3 Å². The average molecular weight is 398 g/mol. The molecule has 1 unspecified atom stereocenters. The van der Waals surface area contributed by atoms with Crippen molar-refractivity contribution in [2.24, 2.45) is 16.6 Å². The van der Waals surface area contributed by atoms with Crippen molar-refractivity contribution in [2.75, 3.05) is 6.61 Å². The molecule has 0 amide bonds. The molecule has 0 radical (unpaired) electrons. The van der Waals surface area contributed by atoms with Gasteiger partial charge in [0.1, 0.15) is 11.5 Å². The van der Waals surface area contributed by atoms with Crippen LogP contribution in [0.15, 0.2) is 47.1 Å². The van der Waals surface area contributed by atoms with Crippen molar-refractivity contribution in [1.29, 1.82) is 0 Å². The molecule has 1 atom stereocenters. The third-order valence-corrected chi connectivity index (χ3v) is 5.41. The van der Waals surface area contributed by atoms with Crippen molar-refractivity contribution < 1.29 is 19.1 Å². The fourth-order valence-corrected chi connectivity index (χ4v) is 4.07. The van der Waals surface area contributed by atoms with E-state index in [-0.39, 0.29) is 22.9 Å². The van der Waals surface area contributed by atoms with Gasteiger partial charge in [0.2, 0.25) is 0 Å². The fourth-order valence-electron chi connectivity index (χ4n) is 4.07. The Morgan fingerprint density at radius 3 is 2.38 bits per heavy atom. The molecule has 1 aromatic rings. The van der Waals surface area contributed by atoms with Crippen molar-refractivity contribution in [3.8, 4) is 5.75 Å². The highest BCUT2D eigenvalue weighted by Crippen LogP contribution is 2.49. The minimum absolute atomic E-state index is 0.0156. The number of Topliss-reactive ketones (excluding diaryl/α,β-unsaturated/α-hetero) is 2. The van der Waals surface area contributed by atoms with E-state index in [0.717, 1.165) is 11.3 Å². The summed E-state index contributed by atoms with van der Waals surface area (Å²) in [7, 11) is 0. The molecular weight excluding hydrogens is 366 g/mol. The summed E-state index contributed by atoms with van der Waals surface area (Å²) in [6, 6.07) is 7.53. The van der Waals surface area contributed by atoms with Gasteiger partial charge >= 0.3 is 0 Å². The quantitative estimate of drug-likeness (QED) is 0.801. The number of ether oxygens (including phenoxy) is 2. The Hall–Kier alpha value is -2.56. The van der Waals surface area contributed by atoms with Crippen molar-refractivity contribution in [3.63, 3.8) is 0 Å². The molecule has 29 heavy (non-hydrogen) atoms. The van der Waals surface area contributed by atoms with Gasteiger partial charge in [-0.2, -0.15) is 0 Å². The molecule has 0 fully saturated rings. The van der Waals surface area contributed by atoms with Gasteiger partial charge in [-0.3, -0.25) is 9.59 Å². The molecule has 3 rings (SSSR count). The molecule has 5 nitrogen and oxygen atoms in total. The maximum Gasteiger partial charge on any atom is 0.198 e. The second-order valence-electron chi connectivity index (χ2n) is 9.67. The standard InChI is InChI=1S/C24H31NO4/c1-7-28-15-10-8-14(9-11-15)18-19-16(26)12-24(5,6)13-17(19)29-22(25)20(18)21(27)23(2,3)4/h8-11,18H,7,12-13,25H2,1-6H3. The van der Waals surface area contributed by atoms with E-state index in [0.29, 0.717) is 36.4 Å². The molecule has 1 aliphatic heterocycles. The average Bonchev–Trinajstić information content (AvgIpc) is 2.59. The lowest BCUT2D eigenvalue weighted by atomic mass is 9.68. The number of hydrogen-bond donors (Lipinski definition) is 1. The van der Waals surface area contributed by atoms with E-state index in [1.807, 2.05) is 65.8 Å². The molecule has 1 aromatic carbocycles. The normalized spacial score (nSPS) is 21.6. The first-order chi connectivity index (χ1) is 13.4. The van der Waals surface area contributed by atoms with Gasteiger partial charge in [0.15, 0.2) is 17.4 Å². The molecule has 0 saturated carbocycles. The fraction of sp³-hybridized carbons (Fsp3) is 0.500. The first kappa shape index (κ1) is 21.2. The van der Waals surface area contributed by atoms with E-state index < -0.39 is 11.3 Å². The molecule has 0 saturated heterocycles. The van der Waals surface area contributed by atoms with Crippen LogP contribution in [0, 0.1) is 10.8 Å². The zero-order valence-corrected chi connectivity index (χ0v) is 18.2. The Labute approximate surface area is 172 Å². The van der Waals surface area contributed by atoms with Gasteiger partial charge in [-0.1, -0.05) is 46.8 Å². The van der Waals surface area contributed by atoms with Gasteiger partial charge in [-0.05, 0) is 30.0 Å². The summed E-state index contributed by atoms with van der Waals surface area (Å²) in [4.78, 5) is 26.5. The van der Waals surface area contributed by atoms with Crippen LogP contribution in [0.3, 0.4) is 0 Å². The predicted octanol–water partition coefficient (Wildman–Crippen LogP) is 4.63. The van der Waals surface area contributed by atoms with Crippen LogP contribution in [0.4, 0.5) is 0 Å². The van der Waals surface area contributed by atoms with Crippen LogP contribution in [0.1, 0.15) is 65.9 Å². The number of hydrogen-bond acceptors (Lipinski definition) is 5. The van der Waals surface area contributed by atoms with E-state index in [2.05, 4.69) is 0 Å². The molecule has 0 aromatic heterocycles. The Kier molecular flexibility index (Phi) is 5.37. The molecule has 0 bridgehead atoms. The van der Waals surface area contributed by atoms with E-state index in [9.17, 15) is 9.59 Å². The zero-order valence-electron chi connectivity index (χ0n) is 18.2. The predicted molar refractivity (Wildman–Crippen MR) is 112 cm³/mol. The minimum atomic E-state index is -0.651. The topological polar surface area (TPSA) is 78.6 Å². The summed E-state index contributed by atoms with van der Waals surface area (Å²) in [6.07, 6.45) is 1.03. The summed E-state index contributed by atoms with van der Waals surface area (Å²) in [6.45, 7) is 12.1. The number of benzene rings is 1. The number of rotatable bonds is 4. The van der Waals surface area contributed by atoms with Crippen LogP contribution in [0.2, 0.25) is 0 Å². The minimum Gasteiger partial charge on any atom is -0.494 e. The third-order valence-electron chi connectivity index (χ3n) is 5.41. The Balaban J connectivity index is 2.17. The summed E-state index contributed by atoms with van der Waals surface area (Å²) in [5.74, 6) is 0.820. The highest BCUT2D eigenvalue weighted by molar-refractivity contribution is 6.07. The zero-order chi connectivity index (χ0) is 21.6. The monoisotopic (exact) mass is 397 g/mol. The maximum absolute atomic E-state index is 13.3. The van der Waals surface area contributed by atoms with Crippen LogP contribution < -0.4 is 10.5 Å². The first-order valence-electron chi connectivity index (χ1n) is 10.2. The second kappa shape index (κ2) is 7.36. The first-order valence-corrected chi connectivity index (χ1v) is 10.2. The number of carbonyl (C=O) groups is 2. The molecule has 1 heterocycles.